The number of aromatic nitrogens is 2. The Morgan fingerprint density at radius 3 is 2.67 bits per heavy atom. The van der Waals surface area contributed by atoms with E-state index in [0.717, 1.165) is 28.1 Å². The van der Waals surface area contributed by atoms with E-state index in [4.69, 9.17) is 11.6 Å². The van der Waals surface area contributed by atoms with Crippen LogP contribution < -0.4 is 5.32 Å². The molecule has 2 aromatic carbocycles. The molecule has 1 aliphatic heterocycles. The quantitative estimate of drug-likeness (QED) is 0.653. The molecule has 0 saturated carbocycles. The number of aryl methyl sites for hydroxylation is 2. The van der Waals surface area contributed by atoms with Crippen LogP contribution >= 0.6 is 23.4 Å². The van der Waals surface area contributed by atoms with E-state index in [1.807, 2.05) is 32.0 Å². The first-order chi connectivity index (χ1) is 12.9. The van der Waals surface area contributed by atoms with Gasteiger partial charge in [0.25, 0.3) is 0 Å². The van der Waals surface area contributed by atoms with Crippen molar-refractivity contribution in [2.24, 2.45) is 0 Å². The third-order valence-corrected chi connectivity index (χ3v) is 6.26. The molecule has 1 unspecified atom stereocenters. The number of hydrogen-bond acceptors (Lipinski definition) is 3. The molecule has 4 rings (SSSR count). The van der Waals surface area contributed by atoms with Crippen LogP contribution in [0.2, 0.25) is 5.02 Å². The number of nitrogens with one attached hydrogen (secondary N) is 1. The van der Waals surface area contributed by atoms with Crippen LogP contribution in [-0.4, -0.2) is 21.4 Å². The molecule has 0 radical (unpaired) electrons. The monoisotopic (exact) mass is 401 g/mol. The van der Waals surface area contributed by atoms with E-state index < -0.39 is 0 Å². The van der Waals surface area contributed by atoms with Gasteiger partial charge in [-0.1, -0.05) is 29.8 Å². The van der Waals surface area contributed by atoms with Crippen LogP contribution in [0, 0.1) is 19.7 Å². The van der Waals surface area contributed by atoms with Crippen LogP contribution in [0.4, 0.5) is 10.2 Å². The van der Waals surface area contributed by atoms with E-state index in [-0.39, 0.29) is 17.0 Å². The third-order valence-electron chi connectivity index (χ3n) is 4.58. The lowest BCUT2D eigenvalue weighted by Crippen LogP contribution is -2.15. The number of hydrogen-bond donors (Lipinski definition) is 1. The lowest BCUT2D eigenvalue weighted by atomic mass is 10.0. The first-order valence-electron chi connectivity index (χ1n) is 8.47. The van der Waals surface area contributed by atoms with Gasteiger partial charge in [0.05, 0.1) is 22.4 Å². The van der Waals surface area contributed by atoms with Gasteiger partial charge in [0.15, 0.2) is 0 Å². The Morgan fingerprint density at radius 1 is 1.22 bits per heavy atom. The molecule has 0 bridgehead atoms. The van der Waals surface area contributed by atoms with E-state index >= 15 is 0 Å². The summed E-state index contributed by atoms with van der Waals surface area (Å²) in [6.07, 6.45) is 0. The molecule has 0 spiro atoms. The predicted molar refractivity (Wildman–Crippen MR) is 107 cm³/mol. The summed E-state index contributed by atoms with van der Waals surface area (Å²) in [5.41, 5.74) is 4.42. The smallest absolute Gasteiger partial charge is 0.235 e. The highest BCUT2D eigenvalue weighted by atomic mass is 35.5. The second-order valence-corrected chi connectivity index (χ2v) is 7.98. The minimum Gasteiger partial charge on any atom is -0.310 e. The molecule has 0 saturated heterocycles. The van der Waals surface area contributed by atoms with Gasteiger partial charge in [0, 0.05) is 10.6 Å². The third kappa shape index (κ3) is 3.35. The Hall–Kier alpha value is -2.31. The molecule has 0 aliphatic carbocycles. The van der Waals surface area contributed by atoms with Crippen molar-refractivity contribution in [2.75, 3.05) is 11.1 Å². The van der Waals surface area contributed by atoms with Crippen LogP contribution in [0.1, 0.15) is 27.6 Å². The number of fused-ring (bicyclic) bond motifs is 1. The Kier molecular flexibility index (Phi) is 4.70. The van der Waals surface area contributed by atoms with Crippen molar-refractivity contribution in [3.63, 3.8) is 0 Å². The average Bonchev–Trinajstić information content (AvgIpc) is 2.84. The number of amides is 1. The van der Waals surface area contributed by atoms with Gasteiger partial charge in [-0.25, -0.2) is 9.07 Å². The Labute approximate surface area is 165 Å². The molecule has 27 heavy (non-hydrogen) atoms. The first kappa shape index (κ1) is 18.1. The van der Waals surface area contributed by atoms with Gasteiger partial charge in [-0.15, -0.1) is 11.8 Å². The number of anilines is 1. The van der Waals surface area contributed by atoms with Gasteiger partial charge in [-0.2, -0.15) is 5.10 Å². The van der Waals surface area contributed by atoms with Crippen LogP contribution in [0.25, 0.3) is 5.69 Å². The minimum atomic E-state index is -0.284. The summed E-state index contributed by atoms with van der Waals surface area (Å²) in [4.78, 5) is 12.3. The maximum Gasteiger partial charge on any atom is 0.235 e. The number of thioether (sulfide) groups is 1. The summed E-state index contributed by atoms with van der Waals surface area (Å²) >= 11 is 7.79. The Morgan fingerprint density at radius 2 is 1.96 bits per heavy atom. The molecule has 4 nitrogen and oxygen atoms in total. The average molecular weight is 402 g/mol. The molecular formula is C20H17ClFN3OS. The second kappa shape index (κ2) is 7.02. The van der Waals surface area contributed by atoms with Crippen LogP contribution in [0.5, 0.6) is 0 Å². The molecule has 1 atom stereocenters. The standard InChI is InChI=1S/C20H17ClFN3OS/c1-11-3-8-15(9-16(11)21)25-20-18(12(2)24-25)19(27-10-17(26)23-20)13-4-6-14(22)7-5-13/h3-9,19H,10H2,1-2H3,(H,23,26). The minimum absolute atomic E-state index is 0.0924. The molecule has 2 heterocycles. The normalized spacial score (nSPS) is 16.6. The fourth-order valence-corrected chi connectivity index (χ4v) is 4.55. The molecule has 7 heteroatoms. The number of benzene rings is 2. The molecule has 1 aliphatic rings. The maximum atomic E-state index is 13.4. The second-order valence-electron chi connectivity index (χ2n) is 6.48. The summed E-state index contributed by atoms with van der Waals surface area (Å²) in [6.45, 7) is 3.85. The van der Waals surface area contributed by atoms with Crippen molar-refractivity contribution >= 4 is 35.1 Å². The van der Waals surface area contributed by atoms with Crippen molar-refractivity contribution in [3.05, 3.63) is 75.7 Å². The Bertz CT molecular complexity index is 1030. The molecule has 1 N–H and O–H groups in total. The molecular weight excluding hydrogens is 385 g/mol. The van der Waals surface area contributed by atoms with E-state index in [1.165, 1.54) is 23.9 Å². The highest BCUT2D eigenvalue weighted by Gasteiger charge is 2.30. The zero-order chi connectivity index (χ0) is 19.1. The topological polar surface area (TPSA) is 46.9 Å². The molecule has 0 fully saturated rings. The summed E-state index contributed by atoms with van der Waals surface area (Å²) in [5, 5.41) is 8.16. The predicted octanol–water partition coefficient (Wildman–Crippen LogP) is 5.06. The van der Waals surface area contributed by atoms with Crippen LogP contribution in [0.15, 0.2) is 42.5 Å². The fourth-order valence-electron chi connectivity index (χ4n) is 3.18. The van der Waals surface area contributed by atoms with Gasteiger partial charge >= 0.3 is 0 Å². The van der Waals surface area contributed by atoms with Gasteiger partial charge in [0.2, 0.25) is 5.91 Å². The summed E-state index contributed by atoms with van der Waals surface area (Å²) in [7, 11) is 0. The SMILES string of the molecule is Cc1ccc(-n2nc(C)c3c2NC(=O)CSC3c2ccc(F)cc2)cc1Cl. The zero-order valence-electron chi connectivity index (χ0n) is 14.8. The molecule has 1 amide bonds. The molecule has 3 aromatic rings. The van der Waals surface area contributed by atoms with Crippen LogP contribution in [0.3, 0.4) is 0 Å². The summed E-state index contributed by atoms with van der Waals surface area (Å²) in [6, 6.07) is 12.1. The van der Waals surface area contributed by atoms with Crippen molar-refractivity contribution in [1.82, 2.24) is 9.78 Å². The lowest BCUT2D eigenvalue weighted by Gasteiger charge is -2.15. The number of rotatable bonds is 2. The fraction of sp³-hybridized carbons (Fsp3) is 0.200. The summed E-state index contributed by atoms with van der Waals surface area (Å²) < 4.78 is 15.1. The van der Waals surface area contributed by atoms with E-state index in [9.17, 15) is 9.18 Å². The van der Waals surface area contributed by atoms with Crippen molar-refractivity contribution in [3.8, 4) is 5.69 Å². The number of carbonyl (C=O) groups excluding carboxylic acids is 1. The van der Waals surface area contributed by atoms with Crippen LogP contribution in [-0.2, 0) is 4.79 Å². The highest BCUT2D eigenvalue weighted by Crippen LogP contribution is 2.43. The van der Waals surface area contributed by atoms with Crippen molar-refractivity contribution in [1.29, 1.82) is 0 Å². The Balaban J connectivity index is 1.88. The largest absolute Gasteiger partial charge is 0.310 e. The van der Waals surface area contributed by atoms with Gasteiger partial charge < -0.3 is 5.32 Å². The molecule has 138 valence electrons. The number of nitrogens with zero attached hydrogens (tertiary/aromatic N) is 2. The molecule has 1 aromatic heterocycles. The maximum absolute atomic E-state index is 13.4. The number of carbonyl (C=O) groups is 1. The van der Waals surface area contributed by atoms with Gasteiger partial charge in [-0.3, -0.25) is 4.79 Å². The highest BCUT2D eigenvalue weighted by molar-refractivity contribution is 8.00. The van der Waals surface area contributed by atoms with E-state index in [1.54, 1.807) is 16.8 Å². The lowest BCUT2D eigenvalue weighted by molar-refractivity contribution is -0.113. The zero-order valence-corrected chi connectivity index (χ0v) is 16.4. The van der Waals surface area contributed by atoms with E-state index in [2.05, 4.69) is 10.4 Å². The van der Waals surface area contributed by atoms with Crippen molar-refractivity contribution in [2.45, 2.75) is 19.1 Å². The van der Waals surface area contributed by atoms with Gasteiger partial charge in [0.1, 0.15) is 11.6 Å². The summed E-state index contributed by atoms with van der Waals surface area (Å²) in [5.74, 6) is 0.570. The van der Waals surface area contributed by atoms with E-state index in [0.29, 0.717) is 16.6 Å². The number of halogens is 2. The van der Waals surface area contributed by atoms with Crippen molar-refractivity contribution < 1.29 is 9.18 Å². The first-order valence-corrected chi connectivity index (χ1v) is 9.89. The van der Waals surface area contributed by atoms with Gasteiger partial charge in [-0.05, 0) is 49.2 Å².